The lowest BCUT2D eigenvalue weighted by Gasteiger charge is -2.43. The Bertz CT molecular complexity index is 3440. The van der Waals surface area contributed by atoms with Gasteiger partial charge < -0.3 is 9.80 Å². The van der Waals surface area contributed by atoms with Crippen molar-refractivity contribution < 1.29 is 0 Å². The van der Waals surface area contributed by atoms with Gasteiger partial charge in [0.25, 0.3) is 6.71 Å². The lowest BCUT2D eigenvalue weighted by Crippen LogP contribution is -2.60. The molecule has 0 N–H and O–H groups in total. The molecule has 4 aliphatic rings. The first-order valence-corrected chi connectivity index (χ1v) is 22.7. The molecule has 0 amide bonds. The number of thiophene rings is 1. The van der Waals surface area contributed by atoms with Crippen molar-refractivity contribution in [1.29, 1.82) is 0 Å². The van der Waals surface area contributed by atoms with E-state index in [4.69, 9.17) is 0 Å². The molecule has 4 heteroatoms. The van der Waals surface area contributed by atoms with E-state index in [-0.39, 0.29) is 6.71 Å². The van der Waals surface area contributed by atoms with E-state index in [1.54, 1.807) is 0 Å². The minimum absolute atomic E-state index is 0.00578. The second-order valence-corrected chi connectivity index (χ2v) is 18.1. The summed E-state index contributed by atoms with van der Waals surface area (Å²) in [6.07, 6.45) is 0. The summed E-state index contributed by atoms with van der Waals surface area (Å²) in [6, 6.07) is 83.6. The maximum atomic E-state index is 2.60. The smallest absolute Gasteiger partial charge is 0.264 e. The lowest BCUT2D eigenvalue weighted by molar-refractivity contribution is 0.811. The largest absolute Gasteiger partial charge is 0.311 e. The quantitative estimate of drug-likeness (QED) is 0.163. The first-order chi connectivity index (χ1) is 31.3. The Morgan fingerprint density at radius 2 is 0.873 bits per heavy atom. The second-order valence-electron chi connectivity index (χ2n) is 17.1. The van der Waals surface area contributed by atoms with Gasteiger partial charge in [-0.15, -0.1) is 11.3 Å². The second kappa shape index (κ2) is 13.2. The minimum Gasteiger partial charge on any atom is -0.311 e. The van der Waals surface area contributed by atoms with E-state index in [0.717, 1.165) is 5.69 Å². The highest BCUT2D eigenvalue weighted by Gasteiger charge is 2.56. The summed E-state index contributed by atoms with van der Waals surface area (Å²) < 4.78 is 1.39. The van der Waals surface area contributed by atoms with E-state index >= 15 is 0 Å². The number of anilines is 6. The van der Waals surface area contributed by atoms with Crippen molar-refractivity contribution in [2.75, 3.05) is 9.80 Å². The van der Waals surface area contributed by atoms with E-state index in [0.29, 0.717) is 0 Å². The molecule has 2 nitrogen and oxygen atoms in total. The molecule has 0 saturated heterocycles. The molecule has 292 valence electrons. The van der Waals surface area contributed by atoms with Crippen LogP contribution in [0, 0.1) is 0 Å². The standard InChI is InChI=1S/C59H37BN2S/c1-4-19-38(20-5-1)42-25-10-11-26-43(42)39-35-36-50-53(37-39)61(40-21-6-2-7-22-40)51-33-18-34-52-55(51)60(50)58-56(62(52)41-23-8-3-9-24-41)54-46-29-14-17-32-49(46)59(57(54)63-58)47-30-15-12-27-44(47)45-28-13-16-31-48(45)59/h1-37H. The van der Waals surface area contributed by atoms with Crippen molar-refractivity contribution in [2.45, 2.75) is 5.41 Å². The Kier molecular flexibility index (Phi) is 7.32. The van der Waals surface area contributed by atoms with E-state index < -0.39 is 5.41 Å². The molecule has 3 heterocycles. The summed E-state index contributed by atoms with van der Waals surface area (Å²) in [5, 5.41) is 0. The summed E-state index contributed by atoms with van der Waals surface area (Å²) in [5.41, 5.74) is 23.9. The molecule has 0 fully saturated rings. The van der Waals surface area contributed by atoms with Gasteiger partial charge in [0.05, 0.1) is 11.1 Å². The van der Waals surface area contributed by atoms with Crippen LogP contribution in [0.5, 0.6) is 0 Å². The van der Waals surface area contributed by atoms with Gasteiger partial charge in [0.1, 0.15) is 0 Å². The van der Waals surface area contributed by atoms with E-state index in [9.17, 15) is 0 Å². The molecular formula is C59H37BN2S. The van der Waals surface area contributed by atoms with Crippen LogP contribution in [0.25, 0.3) is 44.5 Å². The summed E-state index contributed by atoms with van der Waals surface area (Å²) in [7, 11) is 0. The lowest BCUT2D eigenvalue weighted by atomic mass is 9.36. The van der Waals surface area contributed by atoms with Gasteiger partial charge in [-0.3, -0.25) is 0 Å². The van der Waals surface area contributed by atoms with E-state index in [1.165, 1.54) is 110 Å². The maximum Gasteiger partial charge on any atom is 0.264 e. The van der Waals surface area contributed by atoms with Crippen molar-refractivity contribution in [3.63, 3.8) is 0 Å². The first kappa shape index (κ1) is 35.0. The van der Waals surface area contributed by atoms with Crippen LogP contribution in [0.3, 0.4) is 0 Å². The third kappa shape index (κ3) is 4.63. The Labute approximate surface area is 371 Å². The van der Waals surface area contributed by atoms with Crippen molar-refractivity contribution in [2.24, 2.45) is 0 Å². The van der Waals surface area contributed by atoms with Gasteiger partial charge in [0, 0.05) is 43.7 Å². The highest BCUT2D eigenvalue weighted by Crippen LogP contribution is 2.66. The molecule has 0 unspecified atom stereocenters. The molecule has 10 aromatic rings. The van der Waals surface area contributed by atoms with Crippen molar-refractivity contribution in [3.8, 4) is 44.5 Å². The number of fused-ring (bicyclic) bond motifs is 15. The van der Waals surface area contributed by atoms with Crippen LogP contribution in [-0.2, 0) is 5.41 Å². The van der Waals surface area contributed by atoms with Gasteiger partial charge in [-0.1, -0.05) is 182 Å². The third-order valence-corrected chi connectivity index (χ3v) is 15.4. The number of hydrogen-bond acceptors (Lipinski definition) is 3. The van der Waals surface area contributed by atoms with E-state index in [1.807, 2.05) is 11.3 Å². The summed E-state index contributed by atoms with van der Waals surface area (Å²) >= 11 is 2.04. The van der Waals surface area contributed by atoms with Crippen LogP contribution in [-0.4, -0.2) is 6.71 Å². The topological polar surface area (TPSA) is 6.48 Å². The zero-order chi connectivity index (χ0) is 41.2. The van der Waals surface area contributed by atoms with Crippen LogP contribution in [0.1, 0.15) is 21.6 Å². The third-order valence-electron chi connectivity index (χ3n) is 14.1. The zero-order valence-corrected chi connectivity index (χ0v) is 35.1. The summed E-state index contributed by atoms with van der Waals surface area (Å²) in [5.74, 6) is 0. The van der Waals surface area contributed by atoms with Gasteiger partial charge in [-0.05, 0) is 109 Å². The zero-order valence-electron chi connectivity index (χ0n) is 34.2. The summed E-state index contributed by atoms with van der Waals surface area (Å²) in [4.78, 5) is 6.54. The molecule has 1 aromatic heterocycles. The van der Waals surface area contributed by atoms with Crippen LogP contribution in [0.4, 0.5) is 34.1 Å². The molecule has 0 radical (unpaired) electrons. The SMILES string of the molecule is c1ccc(-c2ccccc2-c2ccc3c(c2)N(c2ccccc2)c2cccc4c2B3c2sc3c(c2N4c2ccccc2)-c2ccccc2C32c3ccccc3-c3ccccc32)cc1. The van der Waals surface area contributed by atoms with Crippen LogP contribution >= 0.6 is 11.3 Å². The van der Waals surface area contributed by atoms with Gasteiger partial charge in [0.2, 0.25) is 0 Å². The Hall–Kier alpha value is -7.66. The Morgan fingerprint density at radius 1 is 0.381 bits per heavy atom. The Balaban J connectivity index is 1.09. The average molecular weight is 817 g/mol. The van der Waals surface area contributed by atoms with Crippen LogP contribution in [0.15, 0.2) is 224 Å². The molecule has 2 aliphatic heterocycles. The normalized spacial score (nSPS) is 14.1. The molecule has 2 aliphatic carbocycles. The van der Waals surface area contributed by atoms with Crippen LogP contribution < -0.4 is 25.5 Å². The van der Waals surface area contributed by atoms with Crippen molar-refractivity contribution in [3.05, 3.63) is 246 Å². The minimum atomic E-state index is -0.433. The fraction of sp³-hybridized carbons (Fsp3) is 0.0169. The van der Waals surface area contributed by atoms with Crippen molar-refractivity contribution >= 4 is 67.9 Å². The molecule has 14 rings (SSSR count). The number of rotatable bonds is 4. The van der Waals surface area contributed by atoms with Gasteiger partial charge >= 0.3 is 0 Å². The molecule has 9 aromatic carbocycles. The Morgan fingerprint density at radius 3 is 1.51 bits per heavy atom. The fourth-order valence-corrected chi connectivity index (χ4v) is 13.3. The molecular weight excluding hydrogens is 780 g/mol. The summed E-state index contributed by atoms with van der Waals surface area (Å²) in [6.45, 7) is 0.00578. The monoisotopic (exact) mass is 816 g/mol. The highest BCUT2D eigenvalue weighted by atomic mass is 32.1. The van der Waals surface area contributed by atoms with Gasteiger partial charge in [-0.25, -0.2) is 0 Å². The highest BCUT2D eigenvalue weighted by molar-refractivity contribution is 7.30. The molecule has 0 saturated carbocycles. The van der Waals surface area contributed by atoms with Crippen LogP contribution in [0.2, 0.25) is 0 Å². The molecule has 1 spiro atoms. The predicted molar refractivity (Wildman–Crippen MR) is 266 cm³/mol. The number of benzene rings is 9. The molecule has 63 heavy (non-hydrogen) atoms. The molecule has 0 atom stereocenters. The average Bonchev–Trinajstić information content (AvgIpc) is 3.99. The number of para-hydroxylation sites is 2. The molecule has 0 bridgehead atoms. The number of hydrogen-bond donors (Lipinski definition) is 0. The predicted octanol–water partition coefficient (Wildman–Crippen LogP) is 13.5. The van der Waals surface area contributed by atoms with E-state index in [2.05, 4.69) is 234 Å². The van der Waals surface area contributed by atoms with Crippen molar-refractivity contribution in [1.82, 2.24) is 0 Å². The van der Waals surface area contributed by atoms with Gasteiger partial charge in [-0.2, -0.15) is 0 Å². The first-order valence-electron chi connectivity index (χ1n) is 21.9. The maximum absolute atomic E-state index is 2.60. The van der Waals surface area contributed by atoms with Gasteiger partial charge in [0.15, 0.2) is 0 Å². The number of nitrogens with zero attached hydrogens (tertiary/aromatic N) is 2. The fourth-order valence-electron chi connectivity index (χ4n) is 11.7.